The third-order valence-electron chi connectivity index (χ3n) is 7.21. The molecular formula is C32H35B. The van der Waals surface area contributed by atoms with E-state index in [1.165, 1.54) is 60.8 Å². The molecule has 0 bridgehead atoms. The van der Waals surface area contributed by atoms with E-state index in [9.17, 15) is 0 Å². The zero-order chi connectivity index (χ0) is 23.8. The monoisotopic (exact) mass is 430 g/mol. The Hall–Kier alpha value is -2.80. The van der Waals surface area contributed by atoms with Crippen LogP contribution in [0.1, 0.15) is 62.9 Å². The first-order valence-corrected chi connectivity index (χ1v) is 12.1. The van der Waals surface area contributed by atoms with E-state index in [1.54, 1.807) is 0 Å². The molecule has 0 fully saturated rings. The van der Waals surface area contributed by atoms with Gasteiger partial charge in [0.1, 0.15) is 0 Å². The Kier molecular flexibility index (Phi) is 6.53. The van der Waals surface area contributed by atoms with Crippen LogP contribution >= 0.6 is 0 Å². The molecule has 0 atom stereocenters. The number of benzene rings is 4. The van der Waals surface area contributed by atoms with Gasteiger partial charge in [0, 0.05) is 5.41 Å². The predicted octanol–water partition coefficient (Wildman–Crippen LogP) is 8.39. The lowest BCUT2D eigenvalue weighted by atomic mass is 9.61. The highest BCUT2D eigenvalue weighted by atomic mass is 14.4. The summed E-state index contributed by atoms with van der Waals surface area (Å²) in [5.74, 6) is 0. The fourth-order valence-electron chi connectivity index (χ4n) is 6.45. The normalized spacial score (nSPS) is 11.8. The smallest absolute Gasteiger partial charge is 0.0653 e. The summed E-state index contributed by atoms with van der Waals surface area (Å²) in [6, 6.07) is 25.1. The van der Waals surface area contributed by atoms with E-state index in [2.05, 4.69) is 108 Å². The lowest BCUT2D eigenvalue weighted by Gasteiger charge is -2.41. The van der Waals surface area contributed by atoms with Gasteiger partial charge in [0.15, 0.2) is 0 Å². The molecule has 0 saturated carbocycles. The number of rotatable bonds is 6. The predicted molar refractivity (Wildman–Crippen MR) is 145 cm³/mol. The van der Waals surface area contributed by atoms with E-state index in [0.717, 1.165) is 12.8 Å². The summed E-state index contributed by atoms with van der Waals surface area (Å²) in [4.78, 5) is 0. The summed E-state index contributed by atoms with van der Waals surface area (Å²) in [6.07, 6.45) is 2.62. The van der Waals surface area contributed by atoms with E-state index in [-0.39, 0.29) is 5.41 Å². The van der Waals surface area contributed by atoms with Crippen molar-refractivity contribution in [3.05, 3.63) is 117 Å². The number of hydrogen-bond acceptors (Lipinski definition) is 0. The highest BCUT2D eigenvalue weighted by Gasteiger charge is 2.41. The molecule has 0 nitrogen and oxygen atoms in total. The number of fused-ring (bicyclic) bond motifs is 1. The highest BCUT2D eigenvalue weighted by molar-refractivity contribution is 6.08. The van der Waals surface area contributed by atoms with Crippen LogP contribution in [0.25, 0.3) is 10.8 Å². The Morgan fingerprint density at radius 3 is 1.64 bits per heavy atom. The molecule has 0 aromatic heterocycles. The summed E-state index contributed by atoms with van der Waals surface area (Å²) in [5.41, 5.74) is 12.1. The van der Waals surface area contributed by atoms with Gasteiger partial charge in [0.2, 0.25) is 0 Å². The van der Waals surface area contributed by atoms with E-state index < -0.39 is 0 Å². The molecule has 0 amide bonds. The minimum Gasteiger partial charge on any atom is -0.0886 e. The van der Waals surface area contributed by atoms with Crippen LogP contribution in [0.2, 0.25) is 6.32 Å². The standard InChI is InChI=1S/C32H35B/c1-21-17-23(3)30(24(4)18-21)32(15-10-16-33,31-25(5)19-22(2)20-26(31)6)29-14-9-12-27-11-7-8-13-28(27)29/h7-9,11-14,17-20H,10,15-16H2,1-6H3. The van der Waals surface area contributed by atoms with E-state index in [0.29, 0.717) is 6.32 Å². The molecule has 4 rings (SSSR count). The second-order valence-corrected chi connectivity index (χ2v) is 9.87. The summed E-state index contributed by atoms with van der Waals surface area (Å²) in [5, 5.41) is 2.62. The molecule has 0 N–H and O–H groups in total. The molecule has 0 aliphatic heterocycles. The van der Waals surface area contributed by atoms with Gasteiger partial charge in [-0.25, -0.2) is 0 Å². The van der Waals surface area contributed by atoms with E-state index in [4.69, 9.17) is 7.85 Å². The summed E-state index contributed by atoms with van der Waals surface area (Å²) >= 11 is 0. The molecule has 4 aromatic carbocycles. The average molecular weight is 430 g/mol. The maximum Gasteiger partial charge on any atom is 0.0653 e. The Labute approximate surface area is 201 Å². The SMILES string of the molecule is [B]CCCC(c1c(C)cc(C)cc1C)(c1c(C)cc(C)cc1C)c1cccc2ccccc12. The molecule has 166 valence electrons. The van der Waals surface area contributed by atoms with Crippen molar-refractivity contribution < 1.29 is 0 Å². The van der Waals surface area contributed by atoms with Crippen molar-refractivity contribution in [2.45, 2.75) is 66.1 Å². The van der Waals surface area contributed by atoms with Crippen LogP contribution in [-0.4, -0.2) is 7.85 Å². The lowest BCUT2D eigenvalue weighted by molar-refractivity contribution is 0.542. The zero-order valence-corrected chi connectivity index (χ0v) is 21.0. The molecule has 2 radical (unpaired) electrons. The third kappa shape index (κ3) is 4.03. The quantitative estimate of drug-likeness (QED) is 0.213. The van der Waals surface area contributed by atoms with Crippen molar-refractivity contribution in [1.82, 2.24) is 0 Å². The number of aryl methyl sites for hydroxylation is 6. The van der Waals surface area contributed by atoms with Gasteiger partial charge in [-0.05, 0) is 97.7 Å². The zero-order valence-electron chi connectivity index (χ0n) is 21.0. The lowest BCUT2D eigenvalue weighted by Crippen LogP contribution is -2.33. The Morgan fingerprint density at radius 1 is 0.636 bits per heavy atom. The summed E-state index contributed by atoms with van der Waals surface area (Å²) in [7, 11) is 6.18. The maximum atomic E-state index is 6.18. The van der Waals surface area contributed by atoms with Gasteiger partial charge in [0.05, 0.1) is 7.85 Å². The van der Waals surface area contributed by atoms with Crippen molar-refractivity contribution in [2.75, 3.05) is 0 Å². The van der Waals surface area contributed by atoms with Gasteiger partial charge in [-0.3, -0.25) is 0 Å². The molecule has 33 heavy (non-hydrogen) atoms. The molecule has 0 spiro atoms. The molecule has 0 heterocycles. The van der Waals surface area contributed by atoms with Crippen LogP contribution in [0.15, 0.2) is 66.7 Å². The first kappa shape index (κ1) is 23.4. The molecule has 4 aromatic rings. The molecule has 0 aliphatic carbocycles. The molecule has 0 saturated heterocycles. The van der Waals surface area contributed by atoms with Crippen LogP contribution in [0.5, 0.6) is 0 Å². The Bertz CT molecular complexity index is 1200. The number of hydrogen-bond donors (Lipinski definition) is 0. The van der Waals surface area contributed by atoms with Crippen molar-refractivity contribution in [1.29, 1.82) is 0 Å². The summed E-state index contributed by atoms with van der Waals surface area (Å²) in [6.45, 7) is 13.6. The van der Waals surface area contributed by atoms with Gasteiger partial charge in [-0.1, -0.05) is 90.6 Å². The fourth-order valence-corrected chi connectivity index (χ4v) is 6.45. The first-order valence-electron chi connectivity index (χ1n) is 12.1. The van der Waals surface area contributed by atoms with Crippen molar-refractivity contribution in [3.8, 4) is 0 Å². The van der Waals surface area contributed by atoms with Gasteiger partial charge >= 0.3 is 0 Å². The van der Waals surface area contributed by atoms with Gasteiger partial charge in [-0.15, -0.1) is 0 Å². The van der Waals surface area contributed by atoms with Gasteiger partial charge in [-0.2, -0.15) is 0 Å². The molecule has 0 aliphatic rings. The highest BCUT2D eigenvalue weighted by Crippen LogP contribution is 2.50. The minimum absolute atomic E-state index is 0.274. The average Bonchev–Trinajstić information content (AvgIpc) is 2.75. The summed E-state index contributed by atoms with van der Waals surface area (Å²) < 4.78 is 0. The first-order chi connectivity index (χ1) is 15.8. The van der Waals surface area contributed by atoms with Crippen LogP contribution in [0.4, 0.5) is 0 Å². The largest absolute Gasteiger partial charge is 0.0886 e. The minimum atomic E-state index is -0.274. The van der Waals surface area contributed by atoms with Crippen molar-refractivity contribution in [3.63, 3.8) is 0 Å². The Balaban J connectivity index is 2.25. The third-order valence-corrected chi connectivity index (χ3v) is 7.21. The van der Waals surface area contributed by atoms with Gasteiger partial charge in [0.25, 0.3) is 0 Å². The van der Waals surface area contributed by atoms with E-state index >= 15 is 0 Å². The topological polar surface area (TPSA) is 0 Å². The van der Waals surface area contributed by atoms with E-state index in [1.807, 2.05) is 0 Å². The van der Waals surface area contributed by atoms with Gasteiger partial charge < -0.3 is 0 Å². The second kappa shape index (κ2) is 9.22. The van der Waals surface area contributed by atoms with Crippen LogP contribution in [-0.2, 0) is 5.41 Å². The van der Waals surface area contributed by atoms with Crippen LogP contribution in [0, 0.1) is 41.5 Å². The second-order valence-electron chi connectivity index (χ2n) is 9.87. The molecular weight excluding hydrogens is 395 g/mol. The van der Waals surface area contributed by atoms with Crippen molar-refractivity contribution >= 4 is 18.6 Å². The Morgan fingerprint density at radius 2 is 1.12 bits per heavy atom. The van der Waals surface area contributed by atoms with Crippen molar-refractivity contribution in [2.24, 2.45) is 0 Å². The molecule has 1 heteroatoms. The molecule has 0 unspecified atom stereocenters. The fraction of sp³-hybridized carbons (Fsp3) is 0.312. The van der Waals surface area contributed by atoms with Crippen LogP contribution in [0.3, 0.4) is 0 Å². The van der Waals surface area contributed by atoms with Crippen LogP contribution < -0.4 is 0 Å². The maximum absolute atomic E-state index is 6.18.